The molecule has 0 radical (unpaired) electrons. The Hall–Kier alpha value is -2.38. The Kier molecular flexibility index (Phi) is 7.85. The molecule has 7 nitrogen and oxygen atoms in total. The van der Waals surface area contributed by atoms with Gasteiger partial charge in [0, 0.05) is 51.5 Å². The summed E-state index contributed by atoms with van der Waals surface area (Å²) in [5.74, 6) is 2.52. The predicted molar refractivity (Wildman–Crippen MR) is 134 cm³/mol. The van der Waals surface area contributed by atoms with Crippen molar-refractivity contribution in [3.05, 3.63) is 46.8 Å². The average molecular weight is 492 g/mol. The van der Waals surface area contributed by atoms with Crippen LogP contribution < -0.4 is 9.80 Å². The summed E-state index contributed by atoms with van der Waals surface area (Å²) >= 11 is 0. The van der Waals surface area contributed by atoms with Crippen molar-refractivity contribution >= 4 is 48.3 Å². The third-order valence-electron chi connectivity index (χ3n) is 6.66. The molecule has 4 heterocycles. The molecular formula is C24H31Cl2N5O2. The molecule has 3 aliphatic rings. The van der Waals surface area contributed by atoms with Gasteiger partial charge in [-0.25, -0.2) is 9.97 Å². The lowest BCUT2D eigenvalue weighted by molar-refractivity contribution is -0.117. The number of carbonyl (C=O) groups excluding carboxylic acids is 2. The Labute approximate surface area is 207 Å². The van der Waals surface area contributed by atoms with Crippen LogP contribution in [0.15, 0.2) is 24.5 Å². The monoisotopic (exact) mass is 491 g/mol. The summed E-state index contributed by atoms with van der Waals surface area (Å²) in [5.41, 5.74) is 4.06. The van der Waals surface area contributed by atoms with Gasteiger partial charge in [0.2, 0.25) is 5.91 Å². The molecule has 1 aliphatic carbocycles. The van der Waals surface area contributed by atoms with Crippen molar-refractivity contribution in [1.82, 2.24) is 14.9 Å². The molecule has 0 N–H and O–H groups in total. The number of hydrogen-bond donors (Lipinski definition) is 0. The van der Waals surface area contributed by atoms with E-state index in [0.29, 0.717) is 43.4 Å². The molecule has 2 amide bonds. The largest absolute Gasteiger partial charge is 0.353 e. The van der Waals surface area contributed by atoms with Crippen molar-refractivity contribution < 1.29 is 9.59 Å². The molecule has 2 saturated heterocycles. The Morgan fingerprint density at radius 1 is 0.939 bits per heavy atom. The maximum Gasteiger partial charge on any atom is 0.255 e. The summed E-state index contributed by atoms with van der Waals surface area (Å²) in [6, 6.07) is 4.14. The van der Waals surface area contributed by atoms with Crippen LogP contribution in [0.1, 0.15) is 58.6 Å². The molecule has 0 spiro atoms. The fraction of sp³-hybridized carbons (Fsp3) is 0.500. The highest BCUT2D eigenvalue weighted by Gasteiger charge is 2.28. The van der Waals surface area contributed by atoms with E-state index in [-0.39, 0.29) is 36.6 Å². The summed E-state index contributed by atoms with van der Waals surface area (Å²) in [5, 5.41) is 0. The van der Waals surface area contributed by atoms with Crippen LogP contribution in [0.3, 0.4) is 0 Å². The molecule has 2 aliphatic heterocycles. The molecule has 0 atom stereocenters. The van der Waals surface area contributed by atoms with Crippen LogP contribution in [0.2, 0.25) is 0 Å². The minimum absolute atomic E-state index is 0. The van der Waals surface area contributed by atoms with Crippen LogP contribution >= 0.6 is 24.8 Å². The molecular weight excluding hydrogens is 461 g/mol. The summed E-state index contributed by atoms with van der Waals surface area (Å²) < 4.78 is 0. The minimum atomic E-state index is 0. The Balaban J connectivity index is 0.00000153. The van der Waals surface area contributed by atoms with Gasteiger partial charge in [-0.1, -0.05) is 6.07 Å². The normalized spacial score (nSPS) is 18.1. The zero-order valence-corrected chi connectivity index (χ0v) is 20.8. The lowest BCUT2D eigenvalue weighted by Gasteiger charge is -2.36. The van der Waals surface area contributed by atoms with Crippen LogP contribution in [-0.4, -0.2) is 59.4 Å². The van der Waals surface area contributed by atoms with Crippen LogP contribution in [0.4, 0.5) is 11.6 Å². The first-order valence-corrected chi connectivity index (χ1v) is 11.3. The van der Waals surface area contributed by atoms with Crippen molar-refractivity contribution in [2.45, 2.75) is 45.4 Å². The highest BCUT2D eigenvalue weighted by atomic mass is 35.5. The van der Waals surface area contributed by atoms with Gasteiger partial charge in [0.25, 0.3) is 5.91 Å². The van der Waals surface area contributed by atoms with Gasteiger partial charge in [-0.15, -0.1) is 24.8 Å². The van der Waals surface area contributed by atoms with Crippen LogP contribution in [0.5, 0.6) is 0 Å². The lowest BCUT2D eigenvalue weighted by Crippen LogP contribution is -2.49. The molecule has 3 fully saturated rings. The van der Waals surface area contributed by atoms with Crippen molar-refractivity contribution in [2.24, 2.45) is 0 Å². The molecule has 1 saturated carbocycles. The number of carbonyl (C=O) groups is 2. The number of halogens is 2. The fourth-order valence-electron chi connectivity index (χ4n) is 4.66. The SMILES string of the molecule is Cc1cc(N2CCCC2=O)ncc1C(=O)N1CCN(c2ncc(C3CC3)cc2C)CC1.Cl.Cl. The number of pyridine rings is 2. The first-order valence-electron chi connectivity index (χ1n) is 11.3. The van der Waals surface area contributed by atoms with E-state index in [9.17, 15) is 9.59 Å². The first kappa shape index (κ1) is 25.2. The fourth-order valence-corrected chi connectivity index (χ4v) is 4.66. The Bertz CT molecular complexity index is 1040. The quantitative estimate of drug-likeness (QED) is 0.648. The molecule has 178 valence electrons. The van der Waals surface area contributed by atoms with Gasteiger partial charge >= 0.3 is 0 Å². The first-order chi connectivity index (χ1) is 15.0. The lowest BCUT2D eigenvalue weighted by atomic mass is 10.1. The number of aromatic nitrogens is 2. The van der Waals surface area contributed by atoms with Crippen molar-refractivity contribution in [3.63, 3.8) is 0 Å². The van der Waals surface area contributed by atoms with Gasteiger partial charge in [-0.2, -0.15) is 0 Å². The van der Waals surface area contributed by atoms with Gasteiger partial charge < -0.3 is 9.80 Å². The van der Waals surface area contributed by atoms with E-state index in [1.54, 1.807) is 11.1 Å². The molecule has 2 aromatic rings. The second kappa shape index (κ2) is 10.3. The molecule has 0 aromatic carbocycles. The smallest absolute Gasteiger partial charge is 0.255 e. The zero-order valence-electron chi connectivity index (χ0n) is 19.1. The van der Waals surface area contributed by atoms with Crippen LogP contribution in [-0.2, 0) is 4.79 Å². The number of rotatable bonds is 4. The Morgan fingerprint density at radius 3 is 2.24 bits per heavy atom. The second-order valence-corrected chi connectivity index (χ2v) is 8.97. The van der Waals surface area contributed by atoms with E-state index in [1.165, 1.54) is 24.0 Å². The number of aryl methyl sites for hydroxylation is 2. The maximum atomic E-state index is 13.1. The molecule has 0 unspecified atom stereocenters. The van der Waals surface area contributed by atoms with E-state index >= 15 is 0 Å². The van der Waals surface area contributed by atoms with Gasteiger partial charge in [0.05, 0.1) is 5.56 Å². The molecule has 33 heavy (non-hydrogen) atoms. The number of piperazine rings is 1. The van der Waals surface area contributed by atoms with Gasteiger partial charge in [-0.3, -0.25) is 14.5 Å². The number of anilines is 2. The summed E-state index contributed by atoms with van der Waals surface area (Å²) in [7, 11) is 0. The van der Waals surface area contributed by atoms with Gasteiger partial charge in [-0.05, 0) is 61.8 Å². The molecule has 0 bridgehead atoms. The molecule has 5 rings (SSSR count). The van der Waals surface area contributed by atoms with Crippen LogP contribution in [0, 0.1) is 13.8 Å². The number of amides is 2. The third kappa shape index (κ3) is 5.09. The van der Waals surface area contributed by atoms with E-state index in [4.69, 9.17) is 4.98 Å². The van der Waals surface area contributed by atoms with Crippen LogP contribution in [0.25, 0.3) is 0 Å². The van der Waals surface area contributed by atoms with E-state index in [1.807, 2.05) is 24.1 Å². The van der Waals surface area contributed by atoms with E-state index < -0.39 is 0 Å². The Morgan fingerprint density at radius 2 is 1.67 bits per heavy atom. The summed E-state index contributed by atoms with van der Waals surface area (Å²) in [6.07, 6.45) is 7.66. The highest BCUT2D eigenvalue weighted by molar-refractivity contribution is 5.97. The second-order valence-electron chi connectivity index (χ2n) is 8.97. The predicted octanol–water partition coefficient (Wildman–Crippen LogP) is 3.90. The third-order valence-corrected chi connectivity index (χ3v) is 6.66. The highest BCUT2D eigenvalue weighted by Crippen LogP contribution is 2.40. The number of hydrogen-bond acceptors (Lipinski definition) is 5. The van der Waals surface area contributed by atoms with E-state index in [2.05, 4.69) is 22.9 Å². The molecule has 9 heteroatoms. The van der Waals surface area contributed by atoms with E-state index in [0.717, 1.165) is 30.9 Å². The zero-order chi connectivity index (χ0) is 21.5. The standard InChI is InChI=1S/C24H29N5O2.2ClH/c1-16-13-21(29-7-3-4-22(29)30)25-15-20(16)24(31)28-10-8-27(9-11-28)23-17(2)12-19(14-26-23)18-5-6-18;;/h12-15,18H,3-11H2,1-2H3;2*1H. The average Bonchev–Trinajstić information content (AvgIpc) is 3.54. The van der Waals surface area contributed by atoms with Gasteiger partial charge in [0.15, 0.2) is 0 Å². The minimum Gasteiger partial charge on any atom is -0.353 e. The van der Waals surface area contributed by atoms with Gasteiger partial charge in [0.1, 0.15) is 11.6 Å². The van der Waals surface area contributed by atoms with Crippen molar-refractivity contribution in [2.75, 3.05) is 42.5 Å². The van der Waals surface area contributed by atoms with Crippen molar-refractivity contribution in [1.29, 1.82) is 0 Å². The molecule has 2 aromatic heterocycles. The maximum absolute atomic E-state index is 13.1. The summed E-state index contributed by atoms with van der Waals surface area (Å²) in [6.45, 7) is 7.63. The summed E-state index contributed by atoms with van der Waals surface area (Å²) in [4.78, 5) is 40.2. The number of nitrogens with zero attached hydrogens (tertiary/aromatic N) is 5. The topological polar surface area (TPSA) is 69.6 Å². The van der Waals surface area contributed by atoms with Crippen molar-refractivity contribution in [3.8, 4) is 0 Å².